The Bertz CT molecular complexity index is 614. The van der Waals surface area contributed by atoms with Crippen LogP contribution >= 0.6 is 0 Å². The molecule has 0 unspecified atom stereocenters. The Hall–Kier alpha value is -2.34. The fourth-order valence-corrected chi connectivity index (χ4v) is 1.90. The summed E-state index contributed by atoms with van der Waals surface area (Å²) in [5.74, 6) is -0.335. The lowest BCUT2D eigenvalue weighted by Crippen LogP contribution is -1.99. The molecule has 90 valence electrons. The van der Waals surface area contributed by atoms with Crippen LogP contribution in [0.1, 0.15) is 29.5 Å². The van der Waals surface area contributed by atoms with Gasteiger partial charge < -0.3 is 5.73 Å². The van der Waals surface area contributed by atoms with Crippen molar-refractivity contribution in [1.29, 1.82) is 5.26 Å². The van der Waals surface area contributed by atoms with Crippen molar-refractivity contribution in [3.8, 4) is 6.07 Å². The zero-order valence-corrected chi connectivity index (χ0v) is 10.0. The molecular formula is C15H13FN2. The van der Waals surface area contributed by atoms with Gasteiger partial charge in [0.1, 0.15) is 5.82 Å². The summed E-state index contributed by atoms with van der Waals surface area (Å²) in [4.78, 5) is 0. The summed E-state index contributed by atoms with van der Waals surface area (Å²) >= 11 is 0. The van der Waals surface area contributed by atoms with Crippen LogP contribution in [0.4, 0.5) is 10.1 Å². The first-order valence-electron chi connectivity index (χ1n) is 5.67. The molecule has 0 aliphatic carbocycles. The van der Waals surface area contributed by atoms with E-state index in [1.807, 2.05) is 25.1 Å². The van der Waals surface area contributed by atoms with Crippen LogP contribution < -0.4 is 5.73 Å². The highest BCUT2D eigenvalue weighted by atomic mass is 19.1. The predicted molar refractivity (Wildman–Crippen MR) is 69.5 cm³/mol. The lowest BCUT2D eigenvalue weighted by atomic mass is 9.92. The number of halogens is 1. The number of nitrogens with zero attached hydrogens (tertiary/aromatic N) is 1. The van der Waals surface area contributed by atoms with Gasteiger partial charge in [-0.25, -0.2) is 4.39 Å². The smallest absolute Gasteiger partial charge is 0.146 e. The second kappa shape index (κ2) is 4.89. The summed E-state index contributed by atoms with van der Waals surface area (Å²) in [7, 11) is 0. The SMILES string of the molecule is C[C@@H](c1cccc(C#N)c1)c1ccc(F)c(N)c1. The third-order valence-corrected chi connectivity index (χ3v) is 3.04. The van der Waals surface area contributed by atoms with Crippen LogP contribution in [0.5, 0.6) is 0 Å². The van der Waals surface area contributed by atoms with Crippen LogP contribution in [0, 0.1) is 17.1 Å². The maximum Gasteiger partial charge on any atom is 0.146 e. The molecular weight excluding hydrogens is 227 g/mol. The molecule has 2 N–H and O–H groups in total. The molecule has 0 saturated heterocycles. The van der Waals surface area contributed by atoms with Gasteiger partial charge in [-0.2, -0.15) is 5.26 Å². The van der Waals surface area contributed by atoms with Crippen molar-refractivity contribution >= 4 is 5.69 Å². The van der Waals surface area contributed by atoms with Crippen molar-refractivity contribution < 1.29 is 4.39 Å². The monoisotopic (exact) mass is 240 g/mol. The highest BCUT2D eigenvalue weighted by Gasteiger charge is 2.10. The van der Waals surface area contributed by atoms with Crippen molar-refractivity contribution in [1.82, 2.24) is 0 Å². The molecule has 0 aliphatic rings. The topological polar surface area (TPSA) is 49.8 Å². The van der Waals surface area contributed by atoms with Crippen molar-refractivity contribution in [3.63, 3.8) is 0 Å². The molecule has 1 atom stereocenters. The van der Waals surface area contributed by atoms with E-state index in [2.05, 4.69) is 6.07 Å². The van der Waals surface area contributed by atoms with E-state index < -0.39 is 5.82 Å². The van der Waals surface area contributed by atoms with E-state index in [0.29, 0.717) is 5.56 Å². The third-order valence-electron chi connectivity index (χ3n) is 3.04. The van der Waals surface area contributed by atoms with Gasteiger partial charge in [0, 0.05) is 5.92 Å². The maximum absolute atomic E-state index is 13.1. The zero-order chi connectivity index (χ0) is 13.1. The van der Waals surface area contributed by atoms with Crippen LogP contribution in [0.25, 0.3) is 0 Å². The molecule has 2 rings (SSSR count). The van der Waals surface area contributed by atoms with Crippen LogP contribution in [-0.2, 0) is 0 Å². The Morgan fingerprint density at radius 1 is 1.17 bits per heavy atom. The molecule has 18 heavy (non-hydrogen) atoms. The second-order valence-electron chi connectivity index (χ2n) is 4.24. The molecule has 2 aromatic rings. The van der Waals surface area contributed by atoms with Crippen molar-refractivity contribution in [2.24, 2.45) is 0 Å². The highest BCUT2D eigenvalue weighted by molar-refractivity contribution is 5.46. The molecule has 0 heterocycles. The van der Waals surface area contributed by atoms with Crippen molar-refractivity contribution in [2.75, 3.05) is 5.73 Å². The number of rotatable bonds is 2. The van der Waals surface area contributed by atoms with Crippen LogP contribution in [0.3, 0.4) is 0 Å². The standard InChI is InChI=1S/C15H13FN2/c1-10(12-4-2-3-11(7-12)9-17)13-5-6-14(16)15(18)8-13/h2-8,10H,18H2,1H3/t10-/m0/s1. The second-order valence-corrected chi connectivity index (χ2v) is 4.24. The quantitative estimate of drug-likeness (QED) is 0.817. The lowest BCUT2D eigenvalue weighted by molar-refractivity contribution is 0.631. The Balaban J connectivity index is 2.38. The van der Waals surface area contributed by atoms with E-state index in [9.17, 15) is 4.39 Å². The molecule has 0 amide bonds. The molecule has 0 radical (unpaired) electrons. The predicted octanol–water partition coefficient (Wildman–Crippen LogP) is 3.43. The normalized spacial score (nSPS) is 11.8. The number of nitrogen functional groups attached to an aromatic ring is 1. The van der Waals surface area contributed by atoms with E-state index in [4.69, 9.17) is 11.0 Å². The minimum Gasteiger partial charge on any atom is -0.396 e. The lowest BCUT2D eigenvalue weighted by Gasteiger charge is -2.13. The number of nitrogens with two attached hydrogens (primary N) is 1. The molecule has 0 spiro atoms. The molecule has 2 nitrogen and oxygen atoms in total. The van der Waals surface area contributed by atoms with Gasteiger partial charge in [0.05, 0.1) is 17.3 Å². The van der Waals surface area contributed by atoms with Gasteiger partial charge in [-0.3, -0.25) is 0 Å². The van der Waals surface area contributed by atoms with Crippen molar-refractivity contribution in [3.05, 3.63) is 65.0 Å². The number of nitriles is 1. The average Bonchev–Trinajstić information content (AvgIpc) is 2.41. The van der Waals surface area contributed by atoms with E-state index in [1.54, 1.807) is 18.2 Å². The fourth-order valence-electron chi connectivity index (χ4n) is 1.90. The molecule has 2 aromatic carbocycles. The molecule has 0 aromatic heterocycles. The van der Waals surface area contributed by atoms with Gasteiger partial charge in [-0.15, -0.1) is 0 Å². The Labute approximate surface area is 105 Å². The van der Waals surface area contributed by atoms with Gasteiger partial charge in [0.25, 0.3) is 0 Å². The number of hydrogen-bond acceptors (Lipinski definition) is 2. The largest absolute Gasteiger partial charge is 0.396 e. The summed E-state index contributed by atoms with van der Waals surface area (Å²) in [5, 5.41) is 8.88. The number of anilines is 1. The fraction of sp³-hybridized carbons (Fsp3) is 0.133. The van der Waals surface area contributed by atoms with Gasteiger partial charge in [-0.05, 0) is 35.4 Å². The summed E-state index contributed by atoms with van der Waals surface area (Å²) in [6, 6.07) is 14.2. The molecule has 0 bridgehead atoms. The minimum absolute atomic E-state index is 0.0706. The first kappa shape index (κ1) is 12.1. The zero-order valence-electron chi connectivity index (χ0n) is 10.0. The van der Waals surface area contributed by atoms with E-state index in [1.165, 1.54) is 6.07 Å². The van der Waals surface area contributed by atoms with Crippen molar-refractivity contribution in [2.45, 2.75) is 12.8 Å². The number of hydrogen-bond donors (Lipinski definition) is 1. The molecule has 0 fully saturated rings. The van der Waals surface area contributed by atoms with E-state index >= 15 is 0 Å². The third kappa shape index (κ3) is 2.33. The molecule has 3 heteroatoms. The van der Waals surface area contributed by atoms with E-state index in [0.717, 1.165) is 11.1 Å². The van der Waals surface area contributed by atoms with Crippen LogP contribution in [0.2, 0.25) is 0 Å². The summed E-state index contributed by atoms with van der Waals surface area (Å²) in [5.41, 5.74) is 8.28. The van der Waals surface area contributed by atoms with E-state index in [-0.39, 0.29) is 11.6 Å². The average molecular weight is 240 g/mol. The summed E-state index contributed by atoms with van der Waals surface area (Å²) in [6.07, 6.45) is 0. The maximum atomic E-state index is 13.1. The van der Waals surface area contributed by atoms with Gasteiger partial charge in [-0.1, -0.05) is 25.1 Å². The Kier molecular flexibility index (Phi) is 3.29. The van der Waals surface area contributed by atoms with Gasteiger partial charge >= 0.3 is 0 Å². The van der Waals surface area contributed by atoms with Gasteiger partial charge in [0.15, 0.2) is 0 Å². The minimum atomic E-state index is -0.406. The van der Waals surface area contributed by atoms with Gasteiger partial charge in [0.2, 0.25) is 0 Å². The Morgan fingerprint density at radius 2 is 1.89 bits per heavy atom. The Morgan fingerprint density at radius 3 is 2.56 bits per heavy atom. The summed E-state index contributed by atoms with van der Waals surface area (Å²) < 4.78 is 13.1. The molecule has 0 aliphatic heterocycles. The molecule has 0 saturated carbocycles. The van der Waals surface area contributed by atoms with Crippen LogP contribution in [0.15, 0.2) is 42.5 Å². The first-order valence-corrected chi connectivity index (χ1v) is 5.67. The summed E-state index contributed by atoms with van der Waals surface area (Å²) in [6.45, 7) is 2.00. The number of benzene rings is 2. The first-order chi connectivity index (χ1) is 8.61. The van der Waals surface area contributed by atoms with Crippen LogP contribution in [-0.4, -0.2) is 0 Å². The highest BCUT2D eigenvalue weighted by Crippen LogP contribution is 2.26.